The number of rotatable bonds is 8. The fourth-order valence-corrected chi connectivity index (χ4v) is 2.30. The van der Waals surface area contributed by atoms with Crippen LogP contribution in [-0.4, -0.2) is 37.8 Å². The minimum Gasteiger partial charge on any atom is -0.492 e. The Balaban J connectivity index is 2.09. The van der Waals surface area contributed by atoms with Crippen LogP contribution in [0, 0.1) is 0 Å². The molecule has 0 bridgehead atoms. The van der Waals surface area contributed by atoms with Crippen molar-refractivity contribution in [2.24, 2.45) is 0 Å². The van der Waals surface area contributed by atoms with Gasteiger partial charge in [0.1, 0.15) is 5.75 Å². The van der Waals surface area contributed by atoms with Gasteiger partial charge in [-0.25, -0.2) is 4.79 Å². The van der Waals surface area contributed by atoms with Gasteiger partial charge in [-0.15, -0.1) is 0 Å². The van der Waals surface area contributed by atoms with E-state index in [-0.39, 0.29) is 6.03 Å². The van der Waals surface area contributed by atoms with Gasteiger partial charge in [-0.2, -0.15) is 0 Å². The number of anilines is 1. The van der Waals surface area contributed by atoms with Crippen molar-refractivity contribution < 1.29 is 14.3 Å². The molecule has 0 aliphatic rings. The van der Waals surface area contributed by atoms with Crippen LogP contribution in [0.25, 0.3) is 0 Å². The molecule has 24 heavy (non-hydrogen) atoms. The third-order valence-corrected chi connectivity index (χ3v) is 3.50. The molecule has 0 heterocycles. The number of amides is 2. The van der Waals surface area contributed by atoms with Crippen LogP contribution in [0.1, 0.15) is 12.5 Å². The number of carbonyl (C=O) groups is 1. The lowest BCUT2D eigenvalue weighted by Crippen LogP contribution is -2.36. The molecule has 2 aromatic carbocycles. The number of ether oxygens (including phenoxy) is 2. The zero-order valence-electron chi connectivity index (χ0n) is 14.2. The molecule has 0 radical (unpaired) electrons. The van der Waals surface area contributed by atoms with Gasteiger partial charge in [-0.05, 0) is 24.6 Å². The van der Waals surface area contributed by atoms with E-state index in [0.29, 0.717) is 37.7 Å². The van der Waals surface area contributed by atoms with Gasteiger partial charge >= 0.3 is 6.03 Å². The average molecular weight is 328 g/mol. The maximum atomic E-state index is 12.7. The minimum atomic E-state index is -0.178. The molecule has 0 aromatic heterocycles. The highest BCUT2D eigenvalue weighted by Gasteiger charge is 2.15. The van der Waals surface area contributed by atoms with Crippen molar-refractivity contribution in [2.75, 3.05) is 32.2 Å². The zero-order valence-corrected chi connectivity index (χ0v) is 14.2. The first kappa shape index (κ1) is 17.8. The largest absolute Gasteiger partial charge is 0.492 e. The Bertz CT molecular complexity index is 632. The third kappa shape index (κ3) is 5.28. The van der Waals surface area contributed by atoms with Crippen LogP contribution >= 0.6 is 0 Å². The molecule has 0 fully saturated rings. The highest BCUT2D eigenvalue weighted by atomic mass is 16.5. The number of carbonyl (C=O) groups excluding carboxylic acids is 1. The molecule has 1 N–H and O–H groups in total. The molecule has 2 amide bonds. The van der Waals surface area contributed by atoms with Crippen molar-refractivity contribution in [2.45, 2.75) is 13.5 Å². The molecular weight excluding hydrogens is 304 g/mol. The van der Waals surface area contributed by atoms with E-state index in [9.17, 15) is 4.79 Å². The molecule has 0 unspecified atom stereocenters. The van der Waals surface area contributed by atoms with Crippen molar-refractivity contribution in [3.63, 3.8) is 0 Å². The van der Waals surface area contributed by atoms with E-state index in [1.807, 2.05) is 61.5 Å². The van der Waals surface area contributed by atoms with E-state index in [1.54, 1.807) is 12.0 Å². The molecule has 5 heteroatoms. The summed E-state index contributed by atoms with van der Waals surface area (Å²) in [5.74, 6) is 0.666. The number of benzene rings is 2. The summed E-state index contributed by atoms with van der Waals surface area (Å²) in [5, 5.41) is 2.93. The number of urea groups is 1. The molecular formula is C19H24N2O3. The van der Waals surface area contributed by atoms with E-state index in [1.165, 1.54) is 0 Å². The summed E-state index contributed by atoms with van der Waals surface area (Å²) in [6.45, 7) is 3.97. The lowest BCUT2D eigenvalue weighted by atomic mass is 10.2. The fourth-order valence-electron chi connectivity index (χ4n) is 2.30. The van der Waals surface area contributed by atoms with E-state index < -0.39 is 0 Å². The van der Waals surface area contributed by atoms with Crippen LogP contribution < -0.4 is 10.1 Å². The predicted octanol–water partition coefficient (Wildman–Crippen LogP) is 3.77. The molecule has 0 atom stereocenters. The second-order valence-electron chi connectivity index (χ2n) is 5.26. The molecule has 0 spiro atoms. The fraction of sp³-hybridized carbons (Fsp3) is 0.316. The second kappa shape index (κ2) is 9.57. The maximum Gasteiger partial charge on any atom is 0.322 e. The van der Waals surface area contributed by atoms with Crippen LogP contribution in [-0.2, 0) is 11.3 Å². The van der Waals surface area contributed by atoms with Crippen LogP contribution in [0.2, 0.25) is 0 Å². The normalized spacial score (nSPS) is 10.2. The first-order chi connectivity index (χ1) is 11.7. The standard InChI is InChI=1S/C19H24N2O3/c1-3-24-18-12-8-7-11-17(18)20-19(22)21(13-14-23-2)15-16-9-5-4-6-10-16/h4-12H,3,13-15H2,1-2H3,(H,20,22). The lowest BCUT2D eigenvalue weighted by Gasteiger charge is -2.23. The summed E-state index contributed by atoms with van der Waals surface area (Å²) in [6, 6.07) is 17.1. The van der Waals surface area contributed by atoms with Crippen molar-refractivity contribution in [3.8, 4) is 5.75 Å². The first-order valence-corrected chi connectivity index (χ1v) is 8.05. The van der Waals surface area contributed by atoms with Crippen LogP contribution in [0.4, 0.5) is 10.5 Å². The Kier molecular flexibility index (Phi) is 7.11. The zero-order chi connectivity index (χ0) is 17.2. The van der Waals surface area contributed by atoms with Gasteiger partial charge in [-0.1, -0.05) is 42.5 Å². The van der Waals surface area contributed by atoms with Gasteiger partial charge in [-0.3, -0.25) is 0 Å². The molecule has 0 aliphatic carbocycles. The Hall–Kier alpha value is -2.53. The molecule has 2 rings (SSSR count). The summed E-state index contributed by atoms with van der Waals surface area (Å²) < 4.78 is 10.7. The highest BCUT2D eigenvalue weighted by molar-refractivity contribution is 5.91. The molecule has 2 aromatic rings. The van der Waals surface area contributed by atoms with Crippen molar-refractivity contribution in [1.82, 2.24) is 4.90 Å². The van der Waals surface area contributed by atoms with Gasteiger partial charge in [0.25, 0.3) is 0 Å². The number of para-hydroxylation sites is 2. The Morgan fingerprint density at radius 2 is 1.79 bits per heavy atom. The summed E-state index contributed by atoms with van der Waals surface area (Å²) in [5.41, 5.74) is 1.74. The van der Waals surface area contributed by atoms with E-state index in [2.05, 4.69) is 5.32 Å². The summed E-state index contributed by atoms with van der Waals surface area (Å²) in [6.07, 6.45) is 0. The topological polar surface area (TPSA) is 50.8 Å². The molecule has 128 valence electrons. The van der Waals surface area contributed by atoms with Gasteiger partial charge in [0.05, 0.1) is 18.9 Å². The van der Waals surface area contributed by atoms with Gasteiger partial charge < -0.3 is 19.7 Å². The molecule has 5 nitrogen and oxygen atoms in total. The van der Waals surface area contributed by atoms with E-state index in [0.717, 1.165) is 5.56 Å². The molecule has 0 saturated carbocycles. The van der Waals surface area contributed by atoms with Crippen molar-refractivity contribution in [1.29, 1.82) is 0 Å². The Morgan fingerprint density at radius 1 is 1.08 bits per heavy atom. The summed E-state index contributed by atoms with van der Waals surface area (Å²) in [4.78, 5) is 14.4. The van der Waals surface area contributed by atoms with Gasteiger partial charge in [0.15, 0.2) is 0 Å². The van der Waals surface area contributed by atoms with Gasteiger partial charge in [0, 0.05) is 20.2 Å². The predicted molar refractivity (Wildman–Crippen MR) is 95.4 cm³/mol. The highest BCUT2D eigenvalue weighted by Crippen LogP contribution is 2.24. The van der Waals surface area contributed by atoms with Crippen LogP contribution in [0.15, 0.2) is 54.6 Å². The molecule has 0 aliphatic heterocycles. The summed E-state index contributed by atoms with van der Waals surface area (Å²) in [7, 11) is 1.63. The number of methoxy groups -OCH3 is 1. The second-order valence-corrected chi connectivity index (χ2v) is 5.26. The van der Waals surface area contributed by atoms with Crippen molar-refractivity contribution >= 4 is 11.7 Å². The minimum absolute atomic E-state index is 0.178. The number of hydrogen-bond donors (Lipinski definition) is 1. The maximum absolute atomic E-state index is 12.7. The Labute approximate surface area is 143 Å². The third-order valence-electron chi connectivity index (χ3n) is 3.50. The smallest absolute Gasteiger partial charge is 0.322 e. The number of nitrogens with one attached hydrogen (secondary N) is 1. The van der Waals surface area contributed by atoms with Crippen molar-refractivity contribution in [3.05, 3.63) is 60.2 Å². The number of hydrogen-bond acceptors (Lipinski definition) is 3. The Morgan fingerprint density at radius 3 is 2.50 bits per heavy atom. The van der Waals surface area contributed by atoms with Crippen LogP contribution in [0.3, 0.4) is 0 Å². The quantitative estimate of drug-likeness (QED) is 0.802. The van der Waals surface area contributed by atoms with E-state index in [4.69, 9.17) is 9.47 Å². The average Bonchev–Trinajstić information content (AvgIpc) is 2.61. The molecule has 0 saturated heterocycles. The summed E-state index contributed by atoms with van der Waals surface area (Å²) >= 11 is 0. The lowest BCUT2D eigenvalue weighted by molar-refractivity contribution is 0.153. The van der Waals surface area contributed by atoms with E-state index >= 15 is 0 Å². The first-order valence-electron chi connectivity index (χ1n) is 8.05. The van der Waals surface area contributed by atoms with Gasteiger partial charge in [0.2, 0.25) is 0 Å². The SMILES string of the molecule is CCOc1ccccc1NC(=O)N(CCOC)Cc1ccccc1. The van der Waals surface area contributed by atoms with Crippen LogP contribution in [0.5, 0.6) is 5.75 Å². The number of nitrogens with zero attached hydrogens (tertiary/aromatic N) is 1. The monoisotopic (exact) mass is 328 g/mol.